The molecule has 2 atom stereocenters. The lowest BCUT2D eigenvalue weighted by Crippen LogP contribution is -2.76. The third kappa shape index (κ3) is 6.36. The van der Waals surface area contributed by atoms with Crippen molar-refractivity contribution >= 4 is 0 Å². The average Bonchev–Trinajstić information content (AvgIpc) is 2.68. The molecule has 9 heteroatoms. The highest BCUT2D eigenvalue weighted by atomic mass is 16.5. The van der Waals surface area contributed by atoms with Gasteiger partial charge >= 0.3 is 0 Å². The minimum atomic E-state index is -0.0794. The standard InChI is InChI=1S/C17H37N5O4/c1-23-10-21(11-24-2)16-18-15(14-8-6-5-7-9-14)19-17(20-16)22(12-25-3)13-26-4/h14-20H,5-13H2,1-4H3. The molecule has 3 N–H and O–H groups in total. The lowest BCUT2D eigenvalue weighted by Gasteiger charge is -2.48. The van der Waals surface area contributed by atoms with Gasteiger partial charge in [0.2, 0.25) is 0 Å². The Labute approximate surface area is 157 Å². The van der Waals surface area contributed by atoms with E-state index in [0.29, 0.717) is 32.8 Å². The Morgan fingerprint density at radius 3 is 1.46 bits per heavy atom. The van der Waals surface area contributed by atoms with Crippen molar-refractivity contribution in [3.63, 3.8) is 0 Å². The lowest BCUT2D eigenvalue weighted by atomic mass is 9.86. The molecule has 0 radical (unpaired) electrons. The second-order valence-electron chi connectivity index (χ2n) is 7.03. The Hall–Kier alpha value is -0.360. The van der Waals surface area contributed by atoms with Gasteiger partial charge in [0.05, 0.1) is 6.17 Å². The summed E-state index contributed by atoms with van der Waals surface area (Å²) in [5.41, 5.74) is 0. The van der Waals surface area contributed by atoms with Crippen LogP contribution in [0.3, 0.4) is 0 Å². The van der Waals surface area contributed by atoms with E-state index in [2.05, 4.69) is 25.8 Å². The predicted octanol–water partition coefficient (Wildman–Crippen LogP) is 0.262. The van der Waals surface area contributed by atoms with Crippen molar-refractivity contribution in [1.29, 1.82) is 0 Å². The van der Waals surface area contributed by atoms with Crippen LogP contribution in [0.1, 0.15) is 32.1 Å². The number of rotatable bonds is 11. The van der Waals surface area contributed by atoms with E-state index in [1.54, 1.807) is 28.4 Å². The van der Waals surface area contributed by atoms with Crippen LogP contribution in [0.25, 0.3) is 0 Å². The maximum atomic E-state index is 5.36. The van der Waals surface area contributed by atoms with Crippen molar-refractivity contribution in [3.05, 3.63) is 0 Å². The summed E-state index contributed by atoms with van der Waals surface area (Å²) in [6, 6.07) is 0. The third-order valence-electron chi connectivity index (χ3n) is 5.02. The molecule has 2 aliphatic rings. The van der Waals surface area contributed by atoms with Crippen LogP contribution in [0.4, 0.5) is 0 Å². The molecule has 154 valence electrons. The number of nitrogens with zero attached hydrogens (tertiary/aromatic N) is 2. The number of hydrogen-bond donors (Lipinski definition) is 3. The van der Waals surface area contributed by atoms with E-state index in [-0.39, 0.29) is 18.7 Å². The van der Waals surface area contributed by atoms with Gasteiger partial charge in [-0.05, 0) is 18.8 Å². The summed E-state index contributed by atoms with van der Waals surface area (Å²) in [7, 11) is 6.79. The number of ether oxygens (including phenoxy) is 4. The summed E-state index contributed by atoms with van der Waals surface area (Å²) in [5.74, 6) is 0.606. The molecule has 1 heterocycles. The van der Waals surface area contributed by atoms with Crippen molar-refractivity contribution in [2.24, 2.45) is 5.92 Å². The van der Waals surface area contributed by atoms with Crippen LogP contribution in [-0.4, -0.2) is 83.9 Å². The molecule has 26 heavy (non-hydrogen) atoms. The van der Waals surface area contributed by atoms with Crippen molar-refractivity contribution < 1.29 is 18.9 Å². The largest absolute Gasteiger partial charge is 0.369 e. The fourth-order valence-corrected chi connectivity index (χ4v) is 3.83. The maximum absolute atomic E-state index is 5.36. The second kappa shape index (κ2) is 12.2. The van der Waals surface area contributed by atoms with Crippen LogP contribution in [0.5, 0.6) is 0 Å². The average molecular weight is 376 g/mol. The van der Waals surface area contributed by atoms with Gasteiger partial charge in [0.1, 0.15) is 39.5 Å². The molecule has 1 saturated heterocycles. The van der Waals surface area contributed by atoms with Gasteiger partial charge in [0.15, 0.2) is 0 Å². The summed E-state index contributed by atoms with van der Waals surface area (Å²) in [6.45, 7) is 1.88. The van der Waals surface area contributed by atoms with Crippen molar-refractivity contribution in [2.75, 3.05) is 55.4 Å². The molecule has 0 aromatic rings. The van der Waals surface area contributed by atoms with Gasteiger partial charge in [-0.2, -0.15) is 0 Å². The number of methoxy groups -OCH3 is 4. The first-order valence-corrected chi connectivity index (χ1v) is 9.45. The van der Waals surface area contributed by atoms with Crippen LogP contribution in [0.15, 0.2) is 0 Å². The monoisotopic (exact) mass is 375 g/mol. The van der Waals surface area contributed by atoms with E-state index < -0.39 is 0 Å². The predicted molar refractivity (Wildman–Crippen MR) is 98.5 cm³/mol. The van der Waals surface area contributed by atoms with Crippen LogP contribution in [0.2, 0.25) is 0 Å². The molecule has 0 spiro atoms. The highest BCUT2D eigenvalue weighted by Gasteiger charge is 2.37. The van der Waals surface area contributed by atoms with Crippen molar-refractivity contribution in [3.8, 4) is 0 Å². The zero-order chi connectivity index (χ0) is 18.8. The Morgan fingerprint density at radius 1 is 0.654 bits per heavy atom. The molecule has 2 fully saturated rings. The molecule has 2 rings (SSSR count). The van der Waals surface area contributed by atoms with Gasteiger partial charge in [0, 0.05) is 28.4 Å². The van der Waals surface area contributed by atoms with Gasteiger partial charge in [-0.25, -0.2) is 9.80 Å². The fourth-order valence-electron chi connectivity index (χ4n) is 3.83. The molecule has 0 bridgehead atoms. The second-order valence-corrected chi connectivity index (χ2v) is 7.03. The normalized spacial score (nSPS) is 28.2. The van der Waals surface area contributed by atoms with E-state index in [1.807, 2.05) is 0 Å². The maximum Gasteiger partial charge on any atom is 0.121 e. The van der Waals surface area contributed by atoms with E-state index in [0.717, 1.165) is 0 Å². The molecule has 1 saturated carbocycles. The number of nitrogens with one attached hydrogen (secondary N) is 3. The molecule has 1 aliphatic heterocycles. The minimum absolute atomic E-state index is 0.0794. The SMILES string of the molecule is COCN(COC)C1NC(C2CCCCC2)NC(N(COC)COC)N1. The van der Waals surface area contributed by atoms with E-state index in [4.69, 9.17) is 18.9 Å². The summed E-state index contributed by atoms with van der Waals surface area (Å²) in [4.78, 5) is 4.17. The Kier molecular flexibility index (Phi) is 10.3. The van der Waals surface area contributed by atoms with Gasteiger partial charge in [-0.3, -0.25) is 16.0 Å². The highest BCUT2D eigenvalue weighted by Crippen LogP contribution is 2.27. The van der Waals surface area contributed by atoms with E-state index >= 15 is 0 Å². The summed E-state index contributed by atoms with van der Waals surface area (Å²) in [6.07, 6.45) is 6.47. The lowest BCUT2D eigenvalue weighted by molar-refractivity contribution is -0.120. The van der Waals surface area contributed by atoms with Crippen LogP contribution in [0, 0.1) is 5.92 Å². The molecule has 2 unspecified atom stereocenters. The molecule has 0 aromatic heterocycles. The molecule has 1 aliphatic carbocycles. The van der Waals surface area contributed by atoms with E-state index in [1.165, 1.54) is 32.1 Å². The summed E-state index contributed by atoms with van der Waals surface area (Å²) >= 11 is 0. The zero-order valence-electron chi connectivity index (χ0n) is 16.7. The Morgan fingerprint density at radius 2 is 1.08 bits per heavy atom. The number of hydrogen-bond acceptors (Lipinski definition) is 9. The topological polar surface area (TPSA) is 79.5 Å². The minimum Gasteiger partial charge on any atom is -0.369 e. The molecule has 0 aromatic carbocycles. The molecular weight excluding hydrogens is 338 g/mol. The molecular formula is C17H37N5O4. The quantitative estimate of drug-likeness (QED) is 0.441. The smallest absolute Gasteiger partial charge is 0.121 e. The summed E-state index contributed by atoms with van der Waals surface area (Å²) in [5, 5.41) is 11.0. The van der Waals surface area contributed by atoms with Crippen LogP contribution < -0.4 is 16.0 Å². The first-order chi connectivity index (χ1) is 12.7. The van der Waals surface area contributed by atoms with Gasteiger partial charge < -0.3 is 18.9 Å². The Bertz CT molecular complexity index is 337. The van der Waals surface area contributed by atoms with Crippen LogP contribution in [-0.2, 0) is 18.9 Å². The van der Waals surface area contributed by atoms with Gasteiger partial charge in [-0.15, -0.1) is 0 Å². The molecule has 0 amide bonds. The first-order valence-electron chi connectivity index (χ1n) is 9.45. The highest BCUT2D eigenvalue weighted by molar-refractivity contribution is 4.87. The fraction of sp³-hybridized carbons (Fsp3) is 1.00. The third-order valence-corrected chi connectivity index (χ3v) is 5.02. The van der Waals surface area contributed by atoms with Gasteiger partial charge in [-0.1, -0.05) is 19.3 Å². The van der Waals surface area contributed by atoms with Gasteiger partial charge in [0.25, 0.3) is 0 Å². The zero-order valence-corrected chi connectivity index (χ0v) is 16.7. The van der Waals surface area contributed by atoms with E-state index in [9.17, 15) is 0 Å². The Balaban J connectivity index is 2.12. The van der Waals surface area contributed by atoms with Crippen molar-refractivity contribution in [1.82, 2.24) is 25.8 Å². The summed E-state index contributed by atoms with van der Waals surface area (Å²) < 4.78 is 21.5. The first kappa shape index (κ1) is 21.9. The van der Waals surface area contributed by atoms with Crippen molar-refractivity contribution in [2.45, 2.75) is 50.8 Å². The molecule has 9 nitrogen and oxygen atoms in total. The van der Waals surface area contributed by atoms with Crippen LogP contribution >= 0.6 is 0 Å².